The number of carbonyl (C=O) groups excluding carboxylic acids is 1. The Bertz CT molecular complexity index is 1230. The molecule has 2 heterocycles. The molecule has 2 aliphatic heterocycles. The van der Waals surface area contributed by atoms with Gasteiger partial charge in [0.25, 0.3) is 0 Å². The highest BCUT2D eigenvalue weighted by Gasteiger charge is 2.56. The fourth-order valence-electron chi connectivity index (χ4n) is 4.17. The predicted octanol–water partition coefficient (Wildman–Crippen LogP) is 5.56. The predicted molar refractivity (Wildman–Crippen MR) is 134 cm³/mol. The Morgan fingerprint density at radius 1 is 0.848 bits per heavy atom. The highest BCUT2D eigenvalue weighted by molar-refractivity contribution is 8.16. The molecule has 7 heteroatoms. The molecule has 1 atom stereocenters. The van der Waals surface area contributed by atoms with Crippen LogP contribution in [-0.4, -0.2) is 23.3 Å². The standard InChI is InChI=1S/C26H24N4O2S/c1-3-23-21-17-11-12-18-22(21)26(29(27-23)19-13-7-5-8-14-19)30(20-15-9-6-10-16-20)28-24(33-26)25(31)32-4-2/h5-18H,3-4H2,1-2H3/t26-/m1/s1. The van der Waals surface area contributed by atoms with E-state index in [1.807, 2.05) is 82.8 Å². The van der Waals surface area contributed by atoms with Crippen LogP contribution in [0.2, 0.25) is 0 Å². The zero-order chi connectivity index (χ0) is 22.8. The summed E-state index contributed by atoms with van der Waals surface area (Å²) in [6.07, 6.45) is 0.776. The van der Waals surface area contributed by atoms with Gasteiger partial charge in [-0.05, 0) is 49.4 Å². The average molecular weight is 457 g/mol. The van der Waals surface area contributed by atoms with Crippen molar-refractivity contribution in [3.05, 3.63) is 96.1 Å². The molecule has 6 nitrogen and oxygen atoms in total. The second-order valence-electron chi connectivity index (χ2n) is 7.58. The SMILES string of the molecule is CCOC(=O)C1=NN(c2ccccc2)[C@@]2(S1)c1ccccc1C(CC)=NN2c1ccccc1. The lowest BCUT2D eigenvalue weighted by Gasteiger charge is -2.47. The molecule has 0 radical (unpaired) electrons. The quantitative estimate of drug-likeness (QED) is 0.471. The molecule has 5 rings (SSSR count). The summed E-state index contributed by atoms with van der Waals surface area (Å²) >= 11 is 1.36. The van der Waals surface area contributed by atoms with E-state index in [0.717, 1.165) is 34.6 Å². The van der Waals surface area contributed by atoms with Crippen molar-refractivity contribution in [2.24, 2.45) is 10.2 Å². The number of ether oxygens (including phenoxy) is 1. The second kappa shape index (κ2) is 8.75. The van der Waals surface area contributed by atoms with Crippen LogP contribution in [0.4, 0.5) is 11.4 Å². The molecule has 33 heavy (non-hydrogen) atoms. The number of para-hydroxylation sites is 2. The Kier molecular flexibility index (Phi) is 5.64. The third-order valence-corrected chi connectivity index (χ3v) is 6.89. The van der Waals surface area contributed by atoms with Gasteiger partial charge < -0.3 is 4.74 Å². The molecule has 0 aromatic heterocycles. The van der Waals surface area contributed by atoms with Crippen molar-refractivity contribution in [2.45, 2.75) is 25.3 Å². The third kappa shape index (κ3) is 3.49. The van der Waals surface area contributed by atoms with E-state index >= 15 is 0 Å². The minimum Gasteiger partial charge on any atom is -0.461 e. The number of thioether (sulfide) groups is 1. The van der Waals surface area contributed by atoms with Gasteiger partial charge in [0.2, 0.25) is 10.0 Å². The van der Waals surface area contributed by atoms with E-state index in [9.17, 15) is 4.79 Å². The van der Waals surface area contributed by atoms with Crippen molar-refractivity contribution in [1.82, 2.24) is 0 Å². The van der Waals surface area contributed by atoms with Crippen molar-refractivity contribution < 1.29 is 9.53 Å². The van der Waals surface area contributed by atoms with Gasteiger partial charge in [-0.2, -0.15) is 10.2 Å². The second-order valence-corrected chi connectivity index (χ2v) is 8.74. The van der Waals surface area contributed by atoms with E-state index < -0.39 is 11.0 Å². The Morgan fingerprint density at radius 3 is 2.03 bits per heavy atom. The zero-order valence-electron chi connectivity index (χ0n) is 18.5. The maximum atomic E-state index is 12.9. The van der Waals surface area contributed by atoms with E-state index in [1.54, 1.807) is 6.92 Å². The van der Waals surface area contributed by atoms with Crippen LogP contribution in [0.3, 0.4) is 0 Å². The van der Waals surface area contributed by atoms with Crippen molar-refractivity contribution in [3.63, 3.8) is 0 Å². The summed E-state index contributed by atoms with van der Waals surface area (Å²) in [4.78, 5) is 11.9. The molecule has 3 aromatic carbocycles. The Hall–Kier alpha value is -3.58. The molecule has 2 aliphatic rings. The number of benzene rings is 3. The first kappa shape index (κ1) is 21.3. The summed E-state index contributed by atoms with van der Waals surface area (Å²) in [5.74, 6) is -0.434. The summed E-state index contributed by atoms with van der Waals surface area (Å²) in [7, 11) is 0. The number of fused-ring (bicyclic) bond motifs is 2. The van der Waals surface area contributed by atoms with Crippen LogP contribution in [0.15, 0.2) is 95.1 Å². The Balaban J connectivity index is 1.79. The molecule has 0 unspecified atom stereocenters. The number of carbonyl (C=O) groups is 1. The molecular formula is C26H24N4O2S. The van der Waals surface area contributed by atoms with Crippen LogP contribution < -0.4 is 10.0 Å². The Morgan fingerprint density at radius 2 is 1.42 bits per heavy atom. The smallest absolute Gasteiger partial charge is 0.365 e. The maximum Gasteiger partial charge on any atom is 0.365 e. The van der Waals surface area contributed by atoms with E-state index in [0.29, 0.717) is 5.04 Å². The highest BCUT2D eigenvalue weighted by atomic mass is 32.2. The van der Waals surface area contributed by atoms with Crippen LogP contribution in [0.25, 0.3) is 0 Å². The molecular weight excluding hydrogens is 432 g/mol. The van der Waals surface area contributed by atoms with Crippen molar-refractivity contribution >= 4 is 39.9 Å². The fourth-order valence-corrected chi connectivity index (χ4v) is 5.46. The summed E-state index contributed by atoms with van der Waals surface area (Å²) in [5, 5.41) is 14.1. The molecule has 0 fully saturated rings. The molecule has 0 bridgehead atoms. The molecule has 0 N–H and O–H groups in total. The van der Waals surface area contributed by atoms with Gasteiger partial charge in [-0.1, -0.05) is 67.6 Å². The summed E-state index contributed by atoms with van der Waals surface area (Å²) in [5.41, 5.74) is 4.83. The topological polar surface area (TPSA) is 57.5 Å². The molecule has 1 spiro atoms. The lowest BCUT2D eigenvalue weighted by atomic mass is 9.96. The van der Waals surface area contributed by atoms with Crippen LogP contribution >= 0.6 is 11.8 Å². The van der Waals surface area contributed by atoms with E-state index in [2.05, 4.69) is 19.1 Å². The van der Waals surface area contributed by atoms with Gasteiger partial charge in [0, 0.05) is 11.1 Å². The number of hydrogen-bond acceptors (Lipinski definition) is 7. The fraction of sp³-hybridized carbons (Fsp3) is 0.192. The first-order valence-electron chi connectivity index (χ1n) is 11.0. The number of hydrazone groups is 2. The summed E-state index contributed by atoms with van der Waals surface area (Å²) in [6, 6.07) is 28.1. The highest BCUT2D eigenvalue weighted by Crippen LogP contribution is 2.54. The number of rotatable bonds is 5. The van der Waals surface area contributed by atoms with Crippen LogP contribution in [0.5, 0.6) is 0 Å². The van der Waals surface area contributed by atoms with Gasteiger partial charge in [0.1, 0.15) is 0 Å². The van der Waals surface area contributed by atoms with Crippen LogP contribution in [0.1, 0.15) is 31.4 Å². The van der Waals surface area contributed by atoms with Gasteiger partial charge in [-0.3, -0.25) is 0 Å². The molecule has 0 amide bonds. The van der Waals surface area contributed by atoms with Crippen molar-refractivity contribution in [3.8, 4) is 0 Å². The Labute approximate surface area is 197 Å². The van der Waals surface area contributed by atoms with Gasteiger partial charge >= 0.3 is 5.97 Å². The first-order chi connectivity index (χ1) is 16.2. The molecule has 0 saturated heterocycles. The largest absolute Gasteiger partial charge is 0.461 e. The van der Waals surface area contributed by atoms with E-state index in [-0.39, 0.29) is 6.61 Å². The van der Waals surface area contributed by atoms with Crippen molar-refractivity contribution in [1.29, 1.82) is 0 Å². The molecule has 0 aliphatic carbocycles. The third-order valence-electron chi connectivity index (χ3n) is 5.60. The summed E-state index contributed by atoms with van der Waals surface area (Å²) in [6.45, 7) is 4.19. The first-order valence-corrected chi connectivity index (χ1v) is 11.8. The van der Waals surface area contributed by atoms with Gasteiger partial charge in [0.05, 0.1) is 23.7 Å². The molecule has 166 valence electrons. The van der Waals surface area contributed by atoms with Gasteiger partial charge in [0.15, 0.2) is 0 Å². The number of nitrogens with zero attached hydrogens (tertiary/aromatic N) is 4. The summed E-state index contributed by atoms with van der Waals surface area (Å²) < 4.78 is 5.34. The van der Waals surface area contributed by atoms with Gasteiger partial charge in [-0.15, -0.1) is 0 Å². The van der Waals surface area contributed by atoms with Crippen LogP contribution in [-0.2, 0) is 14.5 Å². The minimum absolute atomic E-state index is 0.286. The number of hydrogen-bond donors (Lipinski definition) is 0. The average Bonchev–Trinajstić information content (AvgIpc) is 3.27. The van der Waals surface area contributed by atoms with Crippen molar-refractivity contribution in [2.75, 3.05) is 16.6 Å². The number of anilines is 2. The molecule has 3 aromatic rings. The number of esters is 1. The molecule has 0 saturated carbocycles. The van der Waals surface area contributed by atoms with E-state index in [1.165, 1.54) is 11.8 Å². The lowest BCUT2D eigenvalue weighted by Crippen LogP contribution is -2.53. The van der Waals surface area contributed by atoms with Gasteiger partial charge in [-0.25, -0.2) is 14.8 Å². The van der Waals surface area contributed by atoms with Crippen LogP contribution in [0, 0.1) is 0 Å². The minimum atomic E-state index is -0.930. The normalized spacial score (nSPS) is 19.2. The monoisotopic (exact) mass is 456 g/mol. The lowest BCUT2D eigenvalue weighted by molar-refractivity contribution is -0.134. The zero-order valence-corrected chi connectivity index (χ0v) is 19.3. The maximum absolute atomic E-state index is 12.9. The van der Waals surface area contributed by atoms with E-state index in [4.69, 9.17) is 14.9 Å².